The van der Waals surface area contributed by atoms with Crippen LogP contribution in [0.4, 0.5) is 5.69 Å². The van der Waals surface area contributed by atoms with E-state index < -0.39 is 0 Å². The molecule has 0 aliphatic heterocycles. The number of nitrogens with one attached hydrogen (secondary N) is 1. The summed E-state index contributed by atoms with van der Waals surface area (Å²) in [6.45, 7) is 1.80. The number of H-pyrrole nitrogens is 1. The monoisotopic (exact) mass is 402 g/mol. The zero-order valence-corrected chi connectivity index (χ0v) is 15.9. The Morgan fingerprint density at radius 1 is 1.27 bits per heavy atom. The van der Waals surface area contributed by atoms with E-state index in [9.17, 15) is 4.79 Å². The summed E-state index contributed by atoms with van der Waals surface area (Å²) in [4.78, 5) is 17.6. The molecule has 0 atom stereocenters. The van der Waals surface area contributed by atoms with Gasteiger partial charge in [-0.05, 0) is 55.1 Å². The van der Waals surface area contributed by atoms with E-state index >= 15 is 0 Å². The summed E-state index contributed by atoms with van der Waals surface area (Å²) in [6, 6.07) is 12.1. The Kier molecular flexibility index (Phi) is 5.52. The average Bonchev–Trinajstić information content (AvgIpc) is 2.90. The summed E-state index contributed by atoms with van der Waals surface area (Å²) in [5, 5.41) is 14.7. The maximum atomic E-state index is 12.7. The van der Waals surface area contributed by atoms with Crippen LogP contribution >= 0.6 is 35.0 Å². The number of aryl methyl sites for hydroxylation is 1. The van der Waals surface area contributed by atoms with Crippen molar-refractivity contribution in [3.63, 3.8) is 0 Å². The number of thioether (sulfide) groups is 1. The van der Waals surface area contributed by atoms with Gasteiger partial charge in [0, 0.05) is 21.8 Å². The van der Waals surface area contributed by atoms with Gasteiger partial charge in [0.25, 0.3) is 5.56 Å². The number of aromatic nitrogens is 2. The maximum absolute atomic E-state index is 12.7. The number of nitriles is 1. The van der Waals surface area contributed by atoms with Gasteiger partial charge in [-0.25, -0.2) is 4.68 Å². The number of aromatic amines is 1. The fraction of sp³-hybridized carbons (Fsp3) is 0.0556. The molecule has 0 radical (unpaired) electrons. The predicted molar refractivity (Wildman–Crippen MR) is 106 cm³/mol. The van der Waals surface area contributed by atoms with E-state index in [1.807, 2.05) is 5.40 Å². The predicted octanol–water partition coefficient (Wildman–Crippen LogP) is 5.10. The van der Waals surface area contributed by atoms with Crippen molar-refractivity contribution in [2.24, 2.45) is 4.99 Å². The molecule has 0 unspecified atom stereocenters. The summed E-state index contributed by atoms with van der Waals surface area (Å²) < 4.78 is 1.42. The molecule has 0 amide bonds. The number of halogens is 2. The van der Waals surface area contributed by atoms with Gasteiger partial charge in [0.2, 0.25) is 0 Å². The molecule has 0 bridgehead atoms. The van der Waals surface area contributed by atoms with Gasteiger partial charge in [0.15, 0.2) is 0 Å². The number of hydrogen-bond acceptors (Lipinski definition) is 4. The number of hydrogen-bond donors (Lipinski definition) is 1. The third kappa shape index (κ3) is 3.86. The van der Waals surface area contributed by atoms with Crippen LogP contribution in [0.2, 0.25) is 10.0 Å². The summed E-state index contributed by atoms with van der Waals surface area (Å²) >= 11 is 13.1. The van der Waals surface area contributed by atoms with Crippen LogP contribution in [0.5, 0.6) is 0 Å². The molecular weight excluding hydrogens is 391 g/mol. The van der Waals surface area contributed by atoms with Gasteiger partial charge in [-0.1, -0.05) is 29.3 Å². The van der Waals surface area contributed by atoms with Crippen molar-refractivity contribution in [3.05, 3.63) is 74.1 Å². The number of benzene rings is 2. The van der Waals surface area contributed by atoms with Crippen LogP contribution in [0.1, 0.15) is 11.3 Å². The molecule has 0 aliphatic carbocycles. The number of rotatable bonds is 4. The SMILES string of the molecule is Cc1[nH]n(-c2cccc(Cl)c2)c(=O)c1C=Nc1ccc(SC#N)c(Cl)c1. The molecule has 1 aromatic heterocycles. The molecule has 1 heterocycles. The summed E-state index contributed by atoms with van der Waals surface area (Å²) in [7, 11) is 0. The van der Waals surface area contributed by atoms with Crippen molar-refractivity contribution in [2.75, 3.05) is 0 Å². The van der Waals surface area contributed by atoms with Crippen LogP contribution < -0.4 is 5.56 Å². The van der Waals surface area contributed by atoms with Crippen LogP contribution in [0.15, 0.2) is 57.1 Å². The Morgan fingerprint density at radius 2 is 2.08 bits per heavy atom. The molecule has 3 rings (SSSR count). The lowest BCUT2D eigenvalue weighted by atomic mass is 10.2. The molecule has 2 aromatic carbocycles. The van der Waals surface area contributed by atoms with Crippen LogP contribution in [0.3, 0.4) is 0 Å². The Hall–Kier alpha value is -2.46. The number of nitrogens with zero attached hydrogens (tertiary/aromatic N) is 3. The van der Waals surface area contributed by atoms with Gasteiger partial charge in [-0.2, -0.15) is 5.26 Å². The van der Waals surface area contributed by atoms with E-state index in [0.29, 0.717) is 37.6 Å². The fourth-order valence-corrected chi connectivity index (χ4v) is 3.22. The van der Waals surface area contributed by atoms with Crippen LogP contribution in [0.25, 0.3) is 5.69 Å². The Labute approximate surface area is 163 Å². The lowest BCUT2D eigenvalue weighted by Crippen LogP contribution is -2.17. The smallest absolute Gasteiger partial charge is 0.280 e. The Balaban J connectivity index is 1.94. The minimum Gasteiger partial charge on any atom is -0.295 e. The van der Waals surface area contributed by atoms with E-state index in [1.54, 1.807) is 49.4 Å². The quantitative estimate of drug-likeness (QED) is 0.374. The van der Waals surface area contributed by atoms with Crippen LogP contribution in [-0.2, 0) is 0 Å². The maximum Gasteiger partial charge on any atom is 0.280 e. The van der Waals surface area contributed by atoms with Crippen molar-refractivity contribution in [1.82, 2.24) is 9.78 Å². The second kappa shape index (κ2) is 7.83. The van der Waals surface area contributed by atoms with Gasteiger partial charge in [-0.15, -0.1) is 0 Å². The molecular formula is C18H12Cl2N4OS. The molecule has 130 valence electrons. The second-order valence-electron chi connectivity index (χ2n) is 5.34. The largest absolute Gasteiger partial charge is 0.295 e. The minimum absolute atomic E-state index is 0.226. The van der Waals surface area contributed by atoms with E-state index in [2.05, 4.69) is 10.1 Å². The first-order valence-electron chi connectivity index (χ1n) is 7.46. The van der Waals surface area contributed by atoms with E-state index in [1.165, 1.54) is 10.9 Å². The van der Waals surface area contributed by atoms with Crippen LogP contribution in [-0.4, -0.2) is 16.0 Å². The molecule has 0 saturated heterocycles. The average molecular weight is 403 g/mol. The molecule has 3 aromatic rings. The van der Waals surface area contributed by atoms with Gasteiger partial charge in [0.05, 0.1) is 22.0 Å². The molecule has 0 saturated carbocycles. The van der Waals surface area contributed by atoms with E-state index in [0.717, 1.165) is 11.8 Å². The van der Waals surface area contributed by atoms with Gasteiger partial charge in [-0.3, -0.25) is 14.9 Å². The van der Waals surface area contributed by atoms with Gasteiger partial charge < -0.3 is 0 Å². The van der Waals surface area contributed by atoms with Crippen molar-refractivity contribution in [1.29, 1.82) is 5.26 Å². The standard InChI is InChI=1S/C18H12Cl2N4OS/c1-11-15(9-22-13-5-6-17(26-10-21)16(20)8-13)18(25)24(23-11)14-4-2-3-12(19)7-14/h2-9,23H,1H3. The van der Waals surface area contributed by atoms with Crippen molar-refractivity contribution < 1.29 is 0 Å². The normalized spacial score (nSPS) is 11.0. The third-order valence-electron chi connectivity index (χ3n) is 3.60. The number of thiocyanates is 1. The van der Waals surface area contributed by atoms with Crippen molar-refractivity contribution in [3.8, 4) is 11.1 Å². The lowest BCUT2D eigenvalue weighted by Gasteiger charge is -2.01. The highest BCUT2D eigenvalue weighted by atomic mass is 35.5. The molecule has 0 fully saturated rings. The van der Waals surface area contributed by atoms with E-state index in [4.69, 9.17) is 28.5 Å². The van der Waals surface area contributed by atoms with Crippen molar-refractivity contribution in [2.45, 2.75) is 11.8 Å². The number of aliphatic imine (C=N–C) groups is 1. The first-order valence-corrected chi connectivity index (χ1v) is 9.04. The molecule has 8 heteroatoms. The summed E-state index contributed by atoms with van der Waals surface area (Å²) in [5.74, 6) is 0. The lowest BCUT2D eigenvalue weighted by molar-refractivity contribution is 0.835. The second-order valence-corrected chi connectivity index (χ2v) is 7.01. The summed E-state index contributed by atoms with van der Waals surface area (Å²) in [5.41, 5.74) is 2.13. The zero-order valence-electron chi connectivity index (χ0n) is 13.5. The molecule has 1 N–H and O–H groups in total. The third-order valence-corrected chi connectivity index (χ3v) is 4.92. The first kappa shape index (κ1) is 18.3. The highest BCUT2D eigenvalue weighted by Crippen LogP contribution is 2.30. The van der Waals surface area contributed by atoms with Crippen molar-refractivity contribution >= 4 is 46.9 Å². The van der Waals surface area contributed by atoms with Gasteiger partial charge in [0.1, 0.15) is 5.40 Å². The molecule has 26 heavy (non-hydrogen) atoms. The topological polar surface area (TPSA) is 73.9 Å². The first-order chi connectivity index (χ1) is 12.5. The molecule has 0 aliphatic rings. The Morgan fingerprint density at radius 3 is 2.77 bits per heavy atom. The summed E-state index contributed by atoms with van der Waals surface area (Å²) in [6.07, 6.45) is 1.50. The highest BCUT2D eigenvalue weighted by Gasteiger charge is 2.11. The minimum atomic E-state index is -0.226. The zero-order chi connectivity index (χ0) is 18.7. The highest BCUT2D eigenvalue weighted by molar-refractivity contribution is 8.03. The van der Waals surface area contributed by atoms with Gasteiger partial charge >= 0.3 is 0 Å². The molecule has 0 spiro atoms. The Bertz CT molecular complexity index is 1100. The molecule has 5 nitrogen and oxygen atoms in total. The van der Waals surface area contributed by atoms with Crippen LogP contribution in [0, 0.1) is 17.6 Å². The van der Waals surface area contributed by atoms with E-state index in [-0.39, 0.29) is 5.56 Å². The fourth-order valence-electron chi connectivity index (χ4n) is 2.35.